The van der Waals surface area contributed by atoms with Crippen molar-refractivity contribution in [2.75, 3.05) is 26.1 Å². The summed E-state index contributed by atoms with van der Waals surface area (Å²) >= 11 is 5.77. The van der Waals surface area contributed by atoms with Crippen molar-refractivity contribution in [2.24, 2.45) is 17.4 Å². The van der Waals surface area contributed by atoms with Gasteiger partial charge in [-0.2, -0.15) is 5.26 Å². The Labute approximate surface area is 197 Å². The standard InChI is InChI=1S/C25H31ClN2O2.CH5N/c1-4-18-13-21(14-19(15-27)24(18)29-10-9-26)25(2,3)20-5-7-23(8-6-20)30-16-17-11-22(28)12-17;1-2/h5-8,13-14,17,22H,4,9-12,16,28H2,1-3H3;2H2,1H3. The van der Waals surface area contributed by atoms with Gasteiger partial charge in [-0.25, -0.2) is 0 Å². The summed E-state index contributed by atoms with van der Waals surface area (Å²) in [5, 5.41) is 9.69. The average molecular weight is 458 g/mol. The van der Waals surface area contributed by atoms with Gasteiger partial charge in [-0.3, -0.25) is 0 Å². The number of aryl methyl sites for hydroxylation is 1. The van der Waals surface area contributed by atoms with Crippen LogP contribution in [0.5, 0.6) is 11.5 Å². The highest BCUT2D eigenvalue weighted by atomic mass is 35.5. The molecule has 0 bridgehead atoms. The molecular formula is C26H36ClN3O2. The zero-order valence-corrected chi connectivity index (χ0v) is 20.4. The number of hydrogen-bond acceptors (Lipinski definition) is 5. The zero-order chi connectivity index (χ0) is 23.7. The predicted molar refractivity (Wildman–Crippen MR) is 132 cm³/mol. The van der Waals surface area contributed by atoms with Crippen molar-refractivity contribution in [3.05, 3.63) is 58.7 Å². The lowest BCUT2D eigenvalue weighted by Gasteiger charge is -2.32. The normalized spacial score (nSPS) is 17.4. The number of nitrogens with zero attached hydrogens (tertiary/aromatic N) is 1. The van der Waals surface area contributed by atoms with Crippen LogP contribution in [-0.2, 0) is 11.8 Å². The SMILES string of the molecule is CCc1cc(C(C)(C)c2ccc(OCC3CC(N)C3)cc2)cc(C#N)c1OCCCl.CN. The summed E-state index contributed by atoms with van der Waals surface area (Å²) in [5.74, 6) is 2.50. The Kier molecular flexibility index (Phi) is 9.84. The maximum absolute atomic E-state index is 9.69. The van der Waals surface area contributed by atoms with E-state index in [1.54, 1.807) is 0 Å². The van der Waals surface area contributed by atoms with Gasteiger partial charge >= 0.3 is 0 Å². The molecule has 1 fully saturated rings. The number of halogens is 1. The van der Waals surface area contributed by atoms with E-state index in [0.29, 0.717) is 35.8 Å². The van der Waals surface area contributed by atoms with Crippen LogP contribution in [0, 0.1) is 17.2 Å². The molecule has 2 aromatic carbocycles. The highest BCUT2D eigenvalue weighted by Crippen LogP contribution is 2.37. The van der Waals surface area contributed by atoms with Crippen LogP contribution in [0.3, 0.4) is 0 Å². The number of alkyl halides is 1. The van der Waals surface area contributed by atoms with Crippen LogP contribution in [0.4, 0.5) is 0 Å². The molecule has 1 saturated carbocycles. The molecule has 0 aliphatic heterocycles. The minimum atomic E-state index is -0.264. The van der Waals surface area contributed by atoms with Crippen molar-refractivity contribution in [1.82, 2.24) is 0 Å². The van der Waals surface area contributed by atoms with E-state index < -0.39 is 0 Å². The van der Waals surface area contributed by atoms with E-state index in [1.807, 2.05) is 18.2 Å². The number of nitriles is 1. The van der Waals surface area contributed by atoms with Gasteiger partial charge in [0.05, 0.1) is 18.1 Å². The highest BCUT2D eigenvalue weighted by molar-refractivity contribution is 6.18. The van der Waals surface area contributed by atoms with Gasteiger partial charge in [0.15, 0.2) is 0 Å². The molecule has 0 radical (unpaired) electrons. The molecule has 2 aromatic rings. The Morgan fingerprint density at radius 3 is 2.28 bits per heavy atom. The van der Waals surface area contributed by atoms with Crippen molar-refractivity contribution >= 4 is 11.6 Å². The van der Waals surface area contributed by atoms with Gasteiger partial charge in [-0.05, 0) is 67.1 Å². The maximum atomic E-state index is 9.69. The lowest BCUT2D eigenvalue weighted by molar-refractivity contribution is 0.160. The number of ether oxygens (including phenoxy) is 2. The van der Waals surface area contributed by atoms with Crippen LogP contribution >= 0.6 is 11.6 Å². The quantitative estimate of drug-likeness (QED) is 0.529. The zero-order valence-electron chi connectivity index (χ0n) is 19.7. The monoisotopic (exact) mass is 457 g/mol. The van der Waals surface area contributed by atoms with Crippen LogP contribution in [0.15, 0.2) is 36.4 Å². The third-order valence-electron chi connectivity index (χ3n) is 6.05. The number of hydrogen-bond donors (Lipinski definition) is 2. The minimum Gasteiger partial charge on any atom is -0.493 e. The molecule has 6 heteroatoms. The number of nitrogens with two attached hydrogens (primary N) is 2. The topological polar surface area (TPSA) is 94.3 Å². The van der Waals surface area contributed by atoms with E-state index >= 15 is 0 Å². The van der Waals surface area contributed by atoms with Gasteiger partial charge in [-0.1, -0.05) is 39.0 Å². The molecule has 0 saturated heterocycles. The van der Waals surface area contributed by atoms with Crippen LogP contribution in [-0.4, -0.2) is 32.2 Å². The fourth-order valence-corrected chi connectivity index (χ4v) is 4.06. The van der Waals surface area contributed by atoms with Crippen molar-refractivity contribution < 1.29 is 9.47 Å². The molecule has 4 N–H and O–H groups in total. The molecule has 1 aliphatic rings. The molecule has 32 heavy (non-hydrogen) atoms. The summed E-state index contributed by atoms with van der Waals surface area (Å²) in [6.07, 6.45) is 2.89. The Morgan fingerprint density at radius 2 is 1.75 bits per heavy atom. The summed E-state index contributed by atoms with van der Waals surface area (Å²) in [4.78, 5) is 0. The van der Waals surface area contributed by atoms with E-state index in [2.05, 4.69) is 50.8 Å². The van der Waals surface area contributed by atoms with Gasteiger partial charge in [0.25, 0.3) is 0 Å². The smallest absolute Gasteiger partial charge is 0.140 e. The first-order chi connectivity index (χ1) is 15.4. The van der Waals surface area contributed by atoms with E-state index in [0.717, 1.165) is 42.7 Å². The fourth-order valence-electron chi connectivity index (χ4n) is 3.98. The summed E-state index contributed by atoms with van der Waals surface area (Å²) in [5.41, 5.74) is 13.9. The van der Waals surface area contributed by atoms with Crippen molar-refractivity contribution in [3.63, 3.8) is 0 Å². The number of benzene rings is 2. The summed E-state index contributed by atoms with van der Waals surface area (Å²) < 4.78 is 11.7. The van der Waals surface area contributed by atoms with E-state index in [-0.39, 0.29) is 5.41 Å². The highest BCUT2D eigenvalue weighted by Gasteiger charge is 2.27. The van der Waals surface area contributed by atoms with Gasteiger partial charge < -0.3 is 20.9 Å². The van der Waals surface area contributed by atoms with Crippen LogP contribution in [0.1, 0.15) is 55.9 Å². The molecular weight excluding hydrogens is 422 g/mol. The van der Waals surface area contributed by atoms with Gasteiger partial charge in [0.2, 0.25) is 0 Å². The Morgan fingerprint density at radius 1 is 1.09 bits per heavy atom. The molecule has 1 aliphatic carbocycles. The van der Waals surface area contributed by atoms with Crippen LogP contribution in [0.25, 0.3) is 0 Å². The molecule has 174 valence electrons. The lowest BCUT2D eigenvalue weighted by atomic mass is 9.77. The van der Waals surface area contributed by atoms with Gasteiger partial charge in [0.1, 0.15) is 24.2 Å². The molecule has 0 heterocycles. The molecule has 0 aromatic heterocycles. The first kappa shape index (κ1) is 26.0. The molecule has 3 rings (SSSR count). The second-order valence-corrected chi connectivity index (χ2v) is 8.95. The maximum Gasteiger partial charge on any atom is 0.140 e. The largest absolute Gasteiger partial charge is 0.493 e. The fraction of sp³-hybridized carbons (Fsp3) is 0.500. The van der Waals surface area contributed by atoms with E-state index in [9.17, 15) is 5.26 Å². The van der Waals surface area contributed by atoms with Crippen LogP contribution < -0.4 is 20.9 Å². The first-order valence-corrected chi connectivity index (χ1v) is 11.7. The first-order valence-electron chi connectivity index (χ1n) is 11.2. The van der Waals surface area contributed by atoms with Crippen molar-refractivity contribution in [3.8, 4) is 17.6 Å². The molecule has 0 atom stereocenters. The van der Waals surface area contributed by atoms with Crippen molar-refractivity contribution in [2.45, 2.75) is 51.5 Å². The van der Waals surface area contributed by atoms with E-state index in [4.69, 9.17) is 26.8 Å². The molecule has 5 nitrogen and oxygen atoms in total. The number of rotatable bonds is 9. The van der Waals surface area contributed by atoms with Crippen molar-refractivity contribution in [1.29, 1.82) is 5.26 Å². The summed E-state index contributed by atoms with van der Waals surface area (Å²) in [7, 11) is 1.50. The Hall–Kier alpha value is -2.26. The third-order valence-corrected chi connectivity index (χ3v) is 6.20. The second-order valence-electron chi connectivity index (χ2n) is 8.57. The summed E-state index contributed by atoms with van der Waals surface area (Å²) in [6.45, 7) is 7.54. The average Bonchev–Trinajstić information content (AvgIpc) is 2.80. The van der Waals surface area contributed by atoms with E-state index in [1.165, 1.54) is 12.6 Å². The molecule has 0 unspecified atom stereocenters. The molecule has 0 amide bonds. The second kappa shape index (κ2) is 12.1. The predicted octanol–water partition coefficient (Wildman–Crippen LogP) is 4.76. The minimum absolute atomic E-state index is 0.264. The lowest BCUT2D eigenvalue weighted by Crippen LogP contribution is -2.39. The van der Waals surface area contributed by atoms with Gasteiger partial charge in [-0.15, -0.1) is 11.6 Å². The Balaban J connectivity index is 0.00000176. The van der Waals surface area contributed by atoms with Crippen LogP contribution in [0.2, 0.25) is 0 Å². The third kappa shape index (κ3) is 6.16. The summed E-state index contributed by atoms with van der Waals surface area (Å²) in [6, 6.07) is 15.0. The molecule has 0 spiro atoms. The Bertz CT molecular complexity index is 901. The van der Waals surface area contributed by atoms with Gasteiger partial charge in [0, 0.05) is 11.5 Å².